The third-order valence-corrected chi connectivity index (χ3v) is 7.58. The highest BCUT2D eigenvalue weighted by Crippen LogP contribution is 2.43. The Morgan fingerprint density at radius 1 is 1.13 bits per heavy atom. The molecule has 7 nitrogen and oxygen atoms in total. The van der Waals surface area contributed by atoms with Crippen LogP contribution in [0.2, 0.25) is 0 Å². The number of nitrogens with zero attached hydrogens (tertiary/aromatic N) is 4. The number of benzene rings is 1. The molecule has 2 fully saturated rings. The number of carbonyl (C=O) groups is 1. The lowest BCUT2D eigenvalue weighted by Gasteiger charge is -2.31. The zero-order valence-corrected chi connectivity index (χ0v) is 19.7. The van der Waals surface area contributed by atoms with E-state index in [1.54, 1.807) is 7.11 Å². The van der Waals surface area contributed by atoms with Gasteiger partial charge < -0.3 is 15.0 Å². The fraction of sp³-hybridized carbons (Fsp3) is 0.609. The third-order valence-electron chi connectivity index (χ3n) is 6.08. The van der Waals surface area contributed by atoms with Gasteiger partial charge in [0, 0.05) is 24.8 Å². The molecule has 4 rings (SSSR count). The standard InChI is InChI=1S/C23H33N5O2S/c1-15(2)20(21(29)24-17-5-9-19(30-4)10-6-17)31-23-26-25-22(28(23)18-7-8-18)27-13-11-16(3)12-14-27/h5-6,9-10,15-16,18,20H,7-8,11-14H2,1-4H3,(H,24,29). The van der Waals surface area contributed by atoms with Gasteiger partial charge in [0.2, 0.25) is 11.9 Å². The third kappa shape index (κ3) is 5.17. The molecule has 2 aliphatic rings. The normalized spacial score (nSPS) is 18.3. The summed E-state index contributed by atoms with van der Waals surface area (Å²) in [5, 5.41) is 12.8. The number of amides is 1. The molecule has 1 saturated heterocycles. The molecule has 0 spiro atoms. The number of ether oxygens (including phenoxy) is 1. The van der Waals surface area contributed by atoms with Gasteiger partial charge in [0.15, 0.2) is 5.16 Å². The van der Waals surface area contributed by atoms with E-state index in [1.807, 2.05) is 24.3 Å². The Morgan fingerprint density at radius 2 is 1.81 bits per heavy atom. The molecule has 2 heterocycles. The van der Waals surface area contributed by atoms with Gasteiger partial charge in [-0.15, -0.1) is 10.2 Å². The van der Waals surface area contributed by atoms with Gasteiger partial charge in [-0.1, -0.05) is 32.5 Å². The zero-order chi connectivity index (χ0) is 22.0. The topological polar surface area (TPSA) is 72.3 Å². The van der Waals surface area contributed by atoms with Crippen LogP contribution in [0.15, 0.2) is 29.4 Å². The number of aromatic nitrogens is 3. The molecule has 1 aromatic heterocycles. The van der Waals surface area contributed by atoms with Gasteiger partial charge in [-0.2, -0.15) is 0 Å². The van der Waals surface area contributed by atoms with Crippen LogP contribution < -0.4 is 15.0 Å². The summed E-state index contributed by atoms with van der Waals surface area (Å²) >= 11 is 1.54. The maximum Gasteiger partial charge on any atom is 0.238 e. The first-order chi connectivity index (χ1) is 15.0. The number of methoxy groups -OCH3 is 1. The Balaban J connectivity index is 1.50. The molecule has 0 bridgehead atoms. The second kappa shape index (κ2) is 9.51. The first kappa shape index (κ1) is 22.0. The second-order valence-electron chi connectivity index (χ2n) is 9.05. The minimum atomic E-state index is -0.252. The molecule has 1 aliphatic heterocycles. The number of hydrogen-bond acceptors (Lipinski definition) is 6. The molecular weight excluding hydrogens is 410 g/mol. The van der Waals surface area contributed by atoms with Crippen molar-refractivity contribution >= 4 is 29.3 Å². The van der Waals surface area contributed by atoms with Crippen LogP contribution in [0.5, 0.6) is 5.75 Å². The van der Waals surface area contributed by atoms with Crippen LogP contribution in [-0.2, 0) is 4.79 Å². The number of anilines is 2. The summed E-state index contributed by atoms with van der Waals surface area (Å²) in [6.45, 7) is 8.54. The molecule has 1 amide bonds. The van der Waals surface area contributed by atoms with Gasteiger partial charge in [0.05, 0.1) is 12.4 Å². The number of rotatable bonds is 8. The summed E-state index contributed by atoms with van der Waals surface area (Å²) in [5.41, 5.74) is 0.767. The van der Waals surface area contributed by atoms with Crippen molar-refractivity contribution in [2.45, 2.75) is 62.9 Å². The van der Waals surface area contributed by atoms with E-state index >= 15 is 0 Å². The molecule has 1 aliphatic carbocycles. The van der Waals surface area contributed by atoms with Crippen molar-refractivity contribution in [1.29, 1.82) is 0 Å². The number of piperidine rings is 1. The van der Waals surface area contributed by atoms with E-state index in [4.69, 9.17) is 4.74 Å². The van der Waals surface area contributed by atoms with E-state index in [-0.39, 0.29) is 17.1 Å². The van der Waals surface area contributed by atoms with Crippen molar-refractivity contribution in [3.63, 3.8) is 0 Å². The van der Waals surface area contributed by atoms with Gasteiger partial charge in [-0.05, 0) is 61.8 Å². The molecule has 8 heteroatoms. The van der Waals surface area contributed by atoms with Crippen LogP contribution in [0.4, 0.5) is 11.6 Å². The number of carbonyl (C=O) groups excluding carboxylic acids is 1. The van der Waals surface area contributed by atoms with Crippen LogP contribution in [0, 0.1) is 11.8 Å². The lowest BCUT2D eigenvalue weighted by Crippen LogP contribution is -2.35. The van der Waals surface area contributed by atoms with Crippen LogP contribution in [-0.4, -0.2) is 46.1 Å². The van der Waals surface area contributed by atoms with Crippen molar-refractivity contribution in [1.82, 2.24) is 14.8 Å². The highest BCUT2D eigenvalue weighted by Gasteiger charge is 2.35. The van der Waals surface area contributed by atoms with Crippen LogP contribution in [0.25, 0.3) is 0 Å². The van der Waals surface area contributed by atoms with Crippen molar-refractivity contribution in [2.24, 2.45) is 11.8 Å². The summed E-state index contributed by atoms with van der Waals surface area (Å²) in [6, 6.07) is 7.89. The van der Waals surface area contributed by atoms with Crippen LogP contribution in [0.3, 0.4) is 0 Å². The molecule has 2 aromatic rings. The summed E-state index contributed by atoms with van der Waals surface area (Å²) in [5.74, 6) is 2.67. The van der Waals surface area contributed by atoms with Crippen LogP contribution in [0.1, 0.15) is 52.5 Å². The Kier molecular flexibility index (Phi) is 6.74. The van der Waals surface area contributed by atoms with Crippen molar-refractivity contribution in [2.75, 3.05) is 30.4 Å². The number of thioether (sulfide) groups is 1. The summed E-state index contributed by atoms with van der Waals surface area (Å²) in [6.07, 6.45) is 4.71. The lowest BCUT2D eigenvalue weighted by atomic mass is 10.00. The van der Waals surface area contributed by atoms with Gasteiger partial charge in [0.1, 0.15) is 5.75 Å². The molecule has 1 aromatic carbocycles. The minimum Gasteiger partial charge on any atom is -0.497 e. The number of hydrogen-bond donors (Lipinski definition) is 1. The maximum absolute atomic E-state index is 13.1. The van der Waals surface area contributed by atoms with Crippen molar-refractivity contribution < 1.29 is 9.53 Å². The van der Waals surface area contributed by atoms with E-state index in [2.05, 4.69) is 45.8 Å². The fourth-order valence-electron chi connectivity index (χ4n) is 3.92. The average Bonchev–Trinajstić information content (AvgIpc) is 3.52. The Morgan fingerprint density at radius 3 is 2.39 bits per heavy atom. The van der Waals surface area contributed by atoms with E-state index in [0.717, 1.165) is 54.4 Å². The van der Waals surface area contributed by atoms with Gasteiger partial charge >= 0.3 is 0 Å². The van der Waals surface area contributed by atoms with Crippen molar-refractivity contribution in [3.8, 4) is 5.75 Å². The monoisotopic (exact) mass is 443 g/mol. The first-order valence-corrected chi connectivity index (χ1v) is 12.2. The molecular formula is C23H33N5O2S. The largest absolute Gasteiger partial charge is 0.497 e. The predicted octanol–water partition coefficient (Wildman–Crippen LogP) is 4.61. The quantitative estimate of drug-likeness (QED) is 0.601. The summed E-state index contributed by atoms with van der Waals surface area (Å²) in [7, 11) is 1.63. The molecule has 1 atom stereocenters. The Bertz CT molecular complexity index is 886. The van der Waals surface area contributed by atoms with E-state index in [0.29, 0.717) is 6.04 Å². The molecule has 1 N–H and O–H groups in total. The molecule has 31 heavy (non-hydrogen) atoms. The predicted molar refractivity (Wildman–Crippen MR) is 125 cm³/mol. The highest BCUT2D eigenvalue weighted by atomic mass is 32.2. The second-order valence-corrected chi connectivity index (χ2v) is 10.2. The van der Waals surface area contributed by atoms with Gasteiger partial charge in [-0.3, -0.25) is 9.36 Å². The molecule has 1 saturated carbocycles. The van der Waals surface area contributed by atoms with E-state index < -0.39 is 0 Å². The van der Waals surface area contributed by atoms with Gasteiger partial charge in [-0.25, -0.2) is 0 Å². The van der Waals surface area contributed by atoms with E-state index in [1.165, 1.54) is 24.6 Å². The SMILES string of the molecule is COc1ccc(NC(=O)C(Sc2nnc(N3CCC(C)CC3)n2C2CC2)C(C)C)cc1. The summed E-state index contributed by atoms with van der Waals surface area (Å²) < 4.78 is 7.49. The van der Waals surface area contributed by atoms with E-state index in [9.17, 15) is 4.79 Å². The maximum atomic E-state index is 13.1. The Labute approximate surface area is 188 Å². The molecule has 0 radical (unpaired) electrons. The minimum absolute atomic E-state index is 0.0103. The van der Waals surface area contributed by atoms with Crippen molar-refractivity contribution in [3.05, 3.63) is 24.3 Å². The average molecular weight is 444 g/mol. The Hall–Kier alpha value is -2.22. The number of nitrogens with one attached hydrogen (secondary N) is 1. The van der Waals surface area contributed by atoms with Crippen LogP contribution >= 0.6 is 11.8 Å². The molecule has 1 unspecified atom stereocenters. The lowest BCUT2D eigenvalue weighted by molar-refractivity contribution is -0.116. The molecule has 168 valence electrons. The fourth-order valence-corrected chi connectivity index (χ4v) is 5.02. The first-order valence-electron chi connectivity index (χ1n) is 11.3. The zero-order valence-electron chi connectivity index (χ0n) is 18.9. The highest BCUT2D eigenvalue weighted by molar-refractivity contribution is 8.00. The smallest absolute Gasteiger partial charge is 0.238 e. The van der Waals surface area contributed by atoms with Gasteiger partial charge in [0.25, 0.3) is 0 Å². The summed E-state index contributed by atoms with van der Waals surface area (Å²) in [4.78, 5) is 15.5.